The van der Waals surface area contributed by atoms with Crippen LogP contribution in [0.4, 0.5) is 9.18 Å². The lowest BCUT2D eigenvalue weighted by Crippen LogP contribution is -2.43. The highest BCUT2D eigenvalue weighted by atomic mass is 19.1. The summed E-state index contributed by atoms with van der Waals surface area (Å²) in [6, 6.07) is 2.83. The van der Waals surface area contributed by atoms with Crippen LogP contribution in [-0.2, 0) is 4.79 Å². The summed E-state index contributed by atoms with van der Waals surface area (Å²) >= 11 is 0. The van der Waals surface area contributed by atoms with Gasteiger partial charge in [-0.1, -0.05) is 5.92 Å². The summed E-state index contributed by atoms with van der Waals surface area (Å²) in [6.45, 7) is 4.25. The summed E-state index contributed by atoms with van der Waals surface area (Å²) in [7, 11) is 0. The Morgan fingerprint density at radius 3 is 2.82 bits per heavy atom. The number of aromatic nitrogens is 2. The van der Waals surface area contributed by atoms with E-state index in [1.165, 1.54) is 18.5 Å². The Morgan fingerprint density at radius 1 is 1.32 bits per heavy atom. The molecule has 2 fully saturated rings. The van der Waals surface area contributed by atoms with Crippen molar-refractivity contribution in [3.05, 3.63) is 41.7 Å². The molecule has 0 saturated carbocycles. The molecule has 1 aromatic carbocycles. The number of rotatable bonds is 6. The number of piperidine rings is 1. The standard InChI is InChI=1S/C25H28FN5O3/c1-3-5-17(2)29-25(33)31-10-7-18(8-11-31)24-19-14-20(26)22(15-21(19)27-16-28-24)34-13-12-30-9-4-6-23(30)32/h1,5,14-16,18H,4,6-13H2,2H3,(H,29,33)/b17-5+. The molecule has 0 aliphatic carbocycles. The van der Waals surface area contributed by atoms with Gasteiger partial charge in [-0.15, -0.1) is 6.42 Å². The number of terminal acetylenes is 1. The highest BCUT2D eigenvalue weighted by Crippen LogP contribution is 2.33. The van der Waals surface area contributed by atoms with E-state index < -0.39 is 5.82 Å². The minimum Gasteiger partial charge on any atom is -0.489 e. The summed E-state index contributed by atoms with van der Waals surface area (Å²) in [5, 5.41) is 3.43. The molecular formula is C25H28FN5O3. The molecule has 0 unspecified atom stereocenters. The van der Waals surface area contributed by atoms with Gasteiger partial charge in [0.05, 0.1) is 17.8 Å². The van der Waals surface area contributed by atoms with Gasteiger partial charge >= 0.3 is 6.03 Å². The topological polar surface area (TPSA) is 87.7 Å². The van der Waals surface area contributed by atoms with E-state index >= 15 is 0 Å². The highest BCUT2D eigenvalue weighted by molar-refractivity contribution is 5.83. The van der Waals surface area contributed by atoms with Crippen molar-refractivity contribution in [3.8, 4) is 18.1 Å². The molecule has 2 saturated heterocycles. The van der Waals surface area contributed by atoms with Crippen LogP contribution >= 0.6 is 0 Å². The number of allylic oxidation sites excluding steroid dienone is 2. The Morgan fingerprint density at radius 2 is 2.12 bits per heavy atom. The lowest BCUT2D eigenvalue weighted by Gasteiger charge is -2.32. The molecule has 4 rings (SSSR count). The number of hydrogen-bond acceptors (Lipinski definition) is 5. The van der Waals surface area contributed by atoms with Crippen LogP contribution in [-0.4, -0.2) is 64.5 Å². The second-order valence-electron chi connectivity index (χ2n) is 8.58. The maximum absolute atomic E-state index is 14.9. The summed E-state index contributed by atoms with van der Waals surface area (Å²) < 4.78 is 20.5. The van der Waals surface area contributed by atoms with E-state index in [9.17, 15) is 14.0 Å². The number of benzene rings is 1. The summed E-state index contributed by atoms with van der Waals surface area (Å²) in [5.74, 6) is 2.23. The molecule has 0 bridgehead atoms. The van der Waals surface area contributed by atoms with Gasteiger partial charge in [-0.3, -0.25) is 4.79 Å². The molecule has 178 valence electrons. The number of hydrogen-bond donors (Lipinski definition) is 1. The van der Waals surface area contributed by atoms with Crippen molar-refractivity contribution in [1.82, 2.24) is 25.1 Å². The second-order valence-corrected chi connectivity index (χ2v) is 8.58. The van der Waals surface area contributed by atoms with Gasteiger partial charge in [-0.2, -0.15) is 0 Å². The monoisotopic (exact) mass is 465 g/mol. The van der Waals surface area contributed by atoms with Crippen molar-refractivity contribution in [3.63, 3.8) is 0 Å². The molecule has 9 heteroatoms. The quantitative estimate of drug-likeness (QED) is 0.662. The second kappa shape index (κ2) is 10.5. The molecule has 0 atom stereocenters. The van der Waals surface area contributed by atoms with Crippen LogP contribution < -0.4 is 10.1 Å². The van der Waals surface area contributed by atoms with E-state index in [0.29, 0.717) is 55.5 Å². The van der Waals surface area contributed by atoms with E-state index in [2.05, 4.69) is 21.2 Å². The van der Waals surface area contributed by atoms with E-state index in [4.69, 9.17) is 11.2 Å². The first kappa shape index (κ1) is 23.5. The number of nitrogens with zero attached hydrogens (tertiary/aromatic N) is 4. The minimum absolute atomic E-state index is 0.0873. The van der Waals surface area contributed by atoms with Crippen LogP contribution in [0.5, 0.6) is 5.75 Å². The van der Waals surface area contributed by atoms with Crippen LogP contribution in [0.25, 0.3) is 10.9 Å². The van der Waals surface area contributed by atoms with Crippen molar-refractivity contribution < 1.29 is 18.7 Å². The van der Waals surface area contributed by atoms with Crippen molar-refractivity contribution in [2.24, 2.45) is 0 Å². The molecule has 8 nitrogen and oxygen atoms in total. The third-order valence-electron chi connectivity index (χ3n) is 6.28. The number of carbonyl (C=O) groups is 2. The summed E-state index contributed by atoms with van der Waals surface area (Å²) in [5.41, 5.74) is 2.01. The maximum atomic E-state index is 14.9. The predicted octanol–water partition coefficient (Wildman–Crippen LogP) is 3.20. The first-order chi connectivity index (χ1) is 16.5. The Hall–Kier alpha value is -3.67. The zero-order valence-electron chi connectivity index (χ0n) is 19.2. The zero-order chi connectivity index (χ0) is 24.1. The van der Waals surface area contributed by atoms with Crippen molar-refractivity contribution in [2.45, 2.75) is 38.5 Å². The molecule has 1 aromatic heterocycles. The Kier molecular flexibility index (Phi) is 7.26. The van der Waals surface area contributed by atoms with E-state index in [1.807, 2.05) is 0 Å². The lowest BCUT2D eigenvalue weighted by molar-refractivity contribution is -0.128. The Bertz CT molecular complexity index is 1150. The number of ether oxygens (including phenoxy) is 1. The number of carbonyl (C=O) groups excluding carboxylic acids is 2. The number of urea groups is 1. The van der Waals surface area contributed by atoms with Gasteiger partial charge in [0.1, 0.15) is 12.9 Å². The fourth-order valence-corrected chi connectivity index (χ4v) is 4.48. The first-order valence-corrected chi connectivity index (χ1v) is 11.5. The van der Waals surface area contributed by atoms with Gasteiger partial charge < -0.3 is 19.9 Å². The van der Waals surface area contributed by atoms with Crippen LogP contribution in [0.1, 0.15) is 44.2 Å². The lowest BCUT2D eigenvalue weighted by atomic mass is 9.91. The van der Waals surface area contributed by atoms with Crippen LogP contribution in [0.15, 0.2) is 30.2 Å². The summed E-state index contributed by atoms with van der Waals surface area (Å²) in [6.07, 6.45) is 11.1. The van der Waals surface area contributed by atoms with Crippen LogP contribution in [0.3, 0.4) is 0 Å². The van der Waals surface area contributed by atoms with E-state index in [-0.39, 0.29) is 30.2 Å². The van der Waals surface area contributed by atoms with E-state index in [0.717, 1.165) is 18.7 Å². The SMILES string of the molecule is C#C/C=C(\C)NC(=O)N1CCC(c2ncnc3cc(OCCN4CCCC4=O)c(F)cc23)CC1. The van der Waals surface area contributed by atoms with Gasteiger partial charge in [0, 0.05) is 55.2 Å². The Balaban J connectivity index is 1.41. The minimum atomic E-state index is -0.483. The average Bonchev–Trinajstić information content (AvgIpc) is 3.24. The number of halogens is 1. The number of likely N-dealkylation sites (tertiary alicyclic amines) is 2. The van der Waals surface area contributed by atoms with Crippen LogP contribution in [0, 0.1) is 18.2 Å². The van der Waals surface area contributed by atoms with Gasteiger partial charge in [-0.05, 0) is 32.3 Å². The molecule has 34 heavy (non-hydrogen) atoms. The first-order valence-electron chi connectivity index (χ1n) is 11.5. The smallest absolute Gasteiger partial charge is 0.321 e. The zero-order valence-corrected chi connectivity index (χ0v) is 19.2. The van der Waals surface area contributed by atoms with Crippen LogP contribution in [0.2, 0.25) is 0 Å². The van der Waals surface area contributed by atoms with Crippen molar-refractivity contribution >= 4 is 22.8 Å². The summed E-state index contributed by atoms with van der Waals surface area (Å²) in [4.78, 5) is 36.4. The molecule has 0 spiro atoms. The number of amides is 3. The fourth-order valence-electron chi connectivity index (χ4n) is 4.48. The normalized spacial score (nSPS) is 17.2. The highest BCUT2D eigenvalue weighted by Gasteiger charge is 2.27. The number of nitrogens with one attached hydrogen (secondary N) is 1. The molecule has 3 heterocycles. The molecule has 0 radical (unpaired) electrons. The largest absolute Gasteiger partial charge is 0.489 e. The average molecular weight is 466 g/mol. The molecule has 2 aromatic rings. The number of fused-ring (bicyclic) bond motifs is 1. The molecule has 2 aliphatic heterocycles. The van der Waals surface area contributed by atoms with Gasteiger partial charge in [-0.25, -0.2) is 19.2 Å². The van der Waals surface area contributed by atoms with Gasteiger partial charge in [0.25, 0.3) is 0 Å². The predicted molar refractivity (Wildman–Crippen MR) is 125 cm³/mol. The molecule has 2 aliphatic rings. The third kappa shape index (κ3) is 5.28. The van der Waals surface area contributed by atoms with E-state index in [1.54, 1.807) is 22.8 Å². The van der Waals surface area contributed by atoms with Gasteiger partial charge in [0.2, 0.25) is 5.91 Å². The molecule has 1 N–H and O–H groups in total. The third-order valence-corrected chi connectivity index (χ3v) is 6.28. The van der Waals surface area contributed by atoms with Gasteiger partial charge in [0.15, 0.2) is 11.6 Å². The van der Waals surface area contributed by atoms with Crippen molar-refractivity contribution in [2.75, 3.05) is 32.8 Å². The maximum Gasteiger partial charge on any atom is 0.321 e. The molecule has 3 amide bonds. The van der Waals surface area contributed by atoms with Crippen molar-refractivity contribution in [1.29, 1.82) is 0 Å². The molecular weight excluding hydrogens is 437 g/mol. The Labute approximate surface area is 198 Å². The fraction of sp³-hybridized carbons (Fsp3) is 0.440.